The van der Waals surface area contributed by atoms with Gasteiger partial charge in [0.05, 0.1) is 44.2 Å². The first kappa shape index (κ1) is 21.4. The van der Waals surface area contributed by atoms with E-state index in [1.54, 1.807) is 24.3 Å². The van der Waals surface area contributed by atoms with Crippen LogP contribution < -0.4 is 24.3 Å². The molecule has 150 valence electrons. The number of halogens is 1. The molecule has 0 fully saturated rings. The van der Waals surface area contributed by atoms with E-state index in [2.05, 4.69) is 21.2 Å². The summed E-state index contributed by atoms with van der Waals surface area (Å²) in [6.07, 6.45) is 0. The van der Waals surface area contributed by atoms with E-state index in [1.165, 1.54) is 34.5 Å². The number of para-hydroxylation sites is 2. The lowest BCUT2D eigenvalue weighted by atomic mass is 10.2. The quantitative estimate of drug-likeness (QED) is 0.612. The van der Waals surface area contributed by atoms with Gasteiger partial charge in [-0.05, 0) is 34.1 Å². The molecule has 0 aliphatic carbocycles. The van der Waals surface area contributed by atoms with E-state index in [9.17, 15) is 9.59 Å². The fourth-order valence-corrected chi connectivity index (χ4v) is 3.03. The largest absolute Gasteiger partial charge is 0.495 e. The lowest BCUT2D eigenvalue weighted by Crippen LogP contribution is -2.21. The van der Waals surface area contributed by atoms with Gasteiger partial charge in [-0.25, -0.2) is 4.79 Å². The van der Waals surface area contributed by atoms with Crippen LogP contribution in [0.25, 0.3) is 0 Å². The molecule has 9 heteroatoms. The number of methoxy groups -OCH3 is 4. The Morgan fingerprint density at radius 1 is 0.929 bits per heavy atom. The maximum atomic E-state index is 12.5. The second kappa shape index (κ2) is 9.84. The summed E-state index contributed by atoms with van der Waals surface area (Å²) in [5.74, 6) is 0.125. The van der Waals surface area contributed by atoms with E-state index in [0.29, 0.717) is 21.7 Å². The van der Waals surface area contributed by atoms with Crippen molar-refractivity contribution in [2.45, 2.75) is 0 Å². The van der Waals surface area contributed by atoms with Crippen LogP contribution in [0.2, 0.25) is 0 Å². The van der Waals surface area contributed by atoms with Crippen molar-refractivity contribution in [2.75, 3.05) is 40.4 Å². The van der Waals surface area contributed by atoms with Gasteiger partial charge < -0.3 is 29.0 Å². The van der Waals surface area contributed by atoms with Gasteiger partial charge in [-0.2, -0.15) is 0 Å². The van der Waals surface area contributed by atoms with Gasteiger partial charge in [0.1, 0.15) is 5.75 Å². The zero-order valence-corrected chi connectivity index (χ0v) is 17.4. The molecule has 0 radical (unpaired) electrons. The van der Waals surface area contributed by atoms with Gasteiger partial charge in [0.25, 0.3) is 5.91 Å². The van der Waals surface area contributed by atoms with Crippen LogP contribution in [0.5, 0.6) is 23.0 Å². The summed E-state index contributed by atoms with van der Waals surface area (Å²) in [6.45, 7) is -0.486. The normalized spacial score (nSPS) is 10.0. The predicted molar refractivity (Wildman–Crippen MR) is 106 cm³/mol. The van der Waals surface area contributed by atoms with Crippen molar-refractivity contribution in [3.05, 3.63) is 40.4 Å². The first-order chi connectivity index (χ1) is 13.5. The minimum atomic E-state index is -0.735. The van der Waals surface area contributed by atoms with E-state index in [-0.39, 0.29) is 17.1 Å². The summed E-state index contributed by atoms with van der Waals surface area (Å²) in [5.41, 5.74) is 0.597. The van der Waals surface area contributed by atoms with Crippen LogP contribution in [0.4, 0.5) is 5.69 Å². The van der Waals surface area contributed by atoms with Crippen LogP contribution >= 0.6 is 15.9 Å². The lowest BCUT2D eigenvalue weighted by Gasteiger charge is -2.16. The molecule has 0 aliphatic heterocycles. The van der Waals surface area contributed by atoms with Crippen LogP contribution in [0.15, 0.2) is 34.8 Å². The monoisotopic (exact) mass is 453 g/mol. The standard InChI is InChI=1S/C19H20BrNO7/c1-24-13-8-6-5-7-12(13)21-15(22)10-28-19(23)11-9-14(25-2)17(26-3)18(27-4)16(11)20/h5-9H,10H2,1-4H3,(H,21,22). The Hall–Kier alpha value is -2.94. The smallest absolute Gasteiger partial charge is 0.340 e. The van der Waals surface area contributed by atoms with Gasteiger partial charge in [0, 0.05) is 0 Å². The maximum absolute atomic E-state index is 12.5. The molecule has 1 amide bonds. The van der Waals surface area contributed by atoms with Crippen LogP contribution in [-0.4, -0.2) is 46.9 Å². The Kier molecular flexibility index (Phi) is 7.51. The molecular formula is C19H20BrNO7. The van der Waals surface area contributed by atoms with Crippen molar-refractivity contribution in [1.82, 2.24) is 0 Å². The van der Waals surface area contributed by atoms with Gasteiger partial charge in [-0.3, -0.25) is 4.79 Å². The fourth-order valence-electron chi connectivity index (χ4n) is 2.41. The third-order valence-electron chi connectivity index (χ3n) is 3.70. The highest BCUT2D eigenvalue weighted by atomic mass is 79.9. The average molecular weight is 454 g/mol. The van der Waals surface area contributed by atoms with Crippen LogP contribution in [0, 0.1) is 0 Å². The minimum Gasteiger partial charge on any atom is -0.495 e. The first-order valence-electron chi connectivity index (χ1n) is 8.05. The molecule has 2 rings (SSSR count). The van der Waals surface area contributed by atoms with Gasteiger partial charge in [-0.15, -0.1) is 0 Å². The van der Waals surface area contributed by atoms with E-state index in [1.807, 2.05) is 0 Å². The molecule has 0 spiro atoms. The number of amides is 1. The number of hydrogen-bond acceptors (Lipinski definition) is 7. The SMILES string of the molecule is COc1ccccc1NC(=O)COC(=O)c1cc(OC)c(OC)c(OC)c1Br. The zero-order valence-electron chi connectivity index (χ0n) is 15.8. The molecule has 0 bridgehead atoms. The molecule has 0 aliphatic rings. The number of nitrogens with one attached hydrogen (secondary N) is 1. The number of benzene rings is 2. The molecule has 2 aromatic carbocycles. The van der Waals surface area contributed by atoms with Gasteiger partial charge in [0.15, 0.2) is 18.1 Å². The highest BCUT2D eigenvalue weighted by Crippen LogP contribution is 2.44. The Balaban J connectivity index is 2.13. The van der Waals surface area contributed by atoms with Crippen LogP contribution in [-0.2, 0) is 9.53 Å². The molecule has 8 nitrogen and oxygen atoms in total. The fraction of sp³-hybridized carbons (Fsp3) is 0.263. The Labute approximate surface area is 170 Å². The number of hydrogen-bond donors (Lipinski definition) is 1. The molecule has 0 heterocycles. The summed E-state index contributed by atoms with van der Waals surface area (Å²) in [4.78, 5) is 24.6. The Morgan fingerprint density at radius 3 is 2.18 bits per heavy atom. The topological polar surface area (TPSA) is 92.3 Å². The van der Waals surface area contributed by atoms with E-state index < -0.39 is 18.5 Å². The van der Waals surface area contributed by atoms with Crippen LogP contribution in [0.1, 0.15) is 10.4 Å². The number of carbonyl (C=O) groups is 2. The van der Waals surface area contributed by atoms with Crippen LogP contribution in [0.3, 0.4) is 0 Å². The Morgan fingerprint density at radius 2 is 1.57 bits per heavy atom. The number of ether oxygens (including phenoxy) is 5. The molecule has 2 aromatic rings. The maximum Gasteiger partial charge on any atom is 0.340 e. The predicted octanol–water partition coefficient (Wildman–Crippen LogP) is 3.28. The molecule has 0 saturated carbocycles. The van der Waals surface area contributed by atoms with Crippen molar-refractivity contribution >= 4 is 33.5 Å². The van der Waals surface area contributed by atoms with Crippen molar-refractivity contribution in [1.29, 1.82) is 0 Å². The first-order valence-corrected chi connectivity index (χ1v) is 8.84. The molecule has 1 N–H and O–H groups in total. The summed E-state index contributed by atoms with van der Waals surface area (Å²) < 4.78 is 26.4. The summed E-state index contributed by atoms with van der Waals surface area (Å²) in [7, 11) is 5.80. The molecular weight excluding hydrogens is 434 g/mol. The number of anilines is 1. The average Bonchev–Trinajstić information content (AvgIpc) is 2.71. The van der Waals surface area contributed by atoms with E-state index >= 15 is 0 Å². The second-order valence-corrected chi connectivity index (χ2v) is 6.12. The minimum absolute atomic E-state index is 0.125. The summed E-state index contributed by atoms with van der Waals surface area (Å²) >= 11 is 3.30. The summed E-state index contributed by atoms with van der Waals surface area (Å²) in [6, 6.07) is 8.34. The van der Waals surface area contributed by atoms with E-state index in [0.717, 1.165) is 0 Å². The van der Waals surface area contributed by atoms with Crippen molar-refractivity contribution < 1.29 is 33.3 Å². The van der Waals surface area contributed by atoms with Crippen molar-refractivity contribution in [2.24, 2.45) is 0 Å². The lowest BCUT2D eigenvalue weighted by molar-refractivity contribution is -0.119. The zero-order chi connectivity index (χ0) is 20.7. The molecule has 0 aromatic heterocycles. The Bertz CT molecular complexity index is 870. The molecule has 28 heavy (non-hydrogen) atoms. The van der Waals surface area contributed by atoms with Gasteiger partial charge >= 0.3 is 5.97 Å². The number of carbonyl (C=O) groups excluding carboxylic acids is 2. The second-order valence-electron chi connectivity index (χ2n) is 5.33. The third-order valence-corrected chi connectivity index (χ3v) is 4.49. The van der Waals surface area contributed by atoms with E-state index in [4.69, 9.17) is 23.7 Å². The summed E-state index contributed by atoms with van der Waals surface area (Å²) in [5, 5.41) is 2.62. The molecule has 0 unspecified atom stereocenters. The third kappa shape index (κ3) is 4.66. The number of rotatable bonds is 8. The molecule has 0 atom stereocenters. The highest BCUT2D eigenvalue weighted by molar-refractivity contribution is 9.10. The number of esters is 1. The highest BCUT2D eigenvalue weighted by Gasteiger charge is 2.24. The van der Waals surface area contributed by atoms with Gasteiger partial charge in [-0.1, -0.05) is 12.1 Å². The van der Waals surface area contributed by atoms with Crippen molar-refractivity contribution in [3.63, 3.8) is 0 Å². The van der Waals surface area contributed by atoms with Crippen molar-refractivity contribution in [3.8, 4) is 23.0 Å². The van der Waals surface area contributed by atoms with Gasteiger partial charge in [0.2, 0.25) is 5.75 Å². The molecule has 0 saturated heterocycles.